The van der Waals surface area contributed by atoms with E-state index in [1.807, 2.05) is 50.2 Å². The number of carbonyl (C=O) groups is 1. The van der Waals surface area contributed by atoms with Crippen LogP contribution in [0.1, 0.15) is 26.5 Å². The van der Waals surface area contributed by atoms with Crippen molar-refractivity contribution in [1.82, 2.24) is 0 Å². The standard InChI is InChI=1S/C17H22N2O2/c1-12(2)17(20)19-15-8-6-14(7-9-15)18-13(3)11-16-5-4-10-21-16/h4-10,12-13,18H,11H2,1-3H3,(H,19,20). The van der Waals surface area contributed by atoms with Crippen LogP contribution in [0.3, 0.4) is 0 Å². The Balaban J connectivity index is 1.88. The van der Waals surface area contributed by atoms with Gasteiger partial charge in [-0.2, -0.15) is 0 Å². The Morgan fingerprint density at radius 3 is 2.33 bits per heavy atom. The van der Waals surface area contributed by atoms with Gasteiger partial charge in [0.2, 0.25) is 5.91 Å². The van der Waals surface area contributed by atoms with Crippen LogP contribution in [0.2, 0.25) is 0 Å². The summed E-state index contributed by atoms with van der Waals surface area (Å²) in [4.78, 5) is 11.6. The van der Waals surface area contributed by atoms with Gasteiger partial charge in [0.15, 0.2) is 0 Å². The zero-order valence-corrected chi connectivity index (χ0v) is 12.7. The lowest BCUT2D eigenvalue weighted by Gasteiger charge is -2.15. The molecule has 1 unspecified atom stereocenters. The smallest absolute Gasteiger partial charge is 0.226 e. The van der Waals surface area contributed by atoms with Crippen LogP contribution in [-0.2, 0) is 11.2 Å². The summed E-state index contributed by atoms with van der Waals surface area (Å²) in [5.74, 6) is 0.980. The molecule has 1 aromatic heterocycles. The van der Waals surface area contributed by atoms with Crippen molar-refractivity contribution in [2.45, 2.75) is 33.2 Å². The zero-order chi connectivity index (χ0) is 15.2. The van der Waals surface area contributed by atoms with Gasteiger partial charge in [0.25, 0.3) is 0 Å². The van der Waals surface area contributed by atoms with Gasteiger partial charge in [0.1, 0.15) is 5.76 Å². The molecule has 0 aliphatic rings. The summed E-state index contributed by atoms with van der Waals surface area (Å²) in [5.41, 5.74) is 1.84. The second-order valence-electron chi connectivity index (χ2n) is 5.55. The minimum Gasteiger partial charge on any atom is -0.469 e. The Morgan fingerprint density at radius 2 is 1.76 bits per heavy atom. The Bertz CT molecular complexity index is 559. The van der Waals surface area contributed by atoms with Crippen LogP contribution in [0.15, 0.2) is 47.1 Å². The fourth-order valence-electron chi connectivity index (χ4n) is 2.00. The van der Waals surface area contributed by atoms with Crippen molar-refractivity contribution in [2.75, 3.05) is 10.6 Å². The molecule has 0 bridgehead atoms. The molecule has 21 heavy (non-hydrogen) atoms. The molecule has 2 N–H and O–H groups in total. The van der Waals surface area contributed by atoms with Crippen molar-refractivity contribution >= 4 is 17.3 Å². The highest BCUT2D eigenvalue weighted by atomic mass is 16.3. The van der Waals surface area contributed by atoms with Crippen LogP contribution in [0.5, 0.6) is 0 Å². The van der Waals surface area contributed by atoms with Crippen LogP contribution in [-0.4, -0.2) is 11.9 Å². The SMILES string of the molecule is CC(Cc1ccco1)Nc1ccc(NC(=O)C(C)C)cc1. The number of nitrogens with one attached hydrogen (secondary N) is 2. The second-order valence-corrected chi connectivity index (χ2v) is 5.55. The highest BCUT2D eigenvalue weighted by Crippen LogP contribution is 2.16. The molecule has 0 fully saturated rings. The third-order valence-electron chi connectivity index (χ3n) is 3.18. The van der Waals surface area contributed by atoms with Crippen molar-refractivity contribution in [3.8, 4) is 0 Å². The molecule has 0 aliphatic heterocycles. The minimum atomic E-state index is -0.0175. The molecular weight excluding hydrogens is 264 g/mol. The van der Waals surface area contributed by atoms with Crippen LogP contribution in [0, 0.1) is 5.92 Å². The van der Waals surface area contributed by atoms with Gasteiger partial charge in [0, 0.05) is 29.8 Å². The second kappa shape index (κ2) is 6.97. The van der Waals surface area contributed by atoms with Crippen LogP contribution in [0.4, 0.5) is 11.4 Å². The number of amides is 1. The van der Waals surface area contributed by atoms with Crippen molar-refractivity contribution in [3.63, 3.8) is 0 Å². The number of hydrogen-bond acceptors (Lipinski definition) is 3. The lowest BCUT2D eigenvalue weighted by atomic mass is 10.1. The molecule has 4 heteroatoms. The molecule has 0 saturated carbocycles. The summed E-state index contributed by atoms with van der Waals surface area (Å²) >= 11 is 0. The van der Waals surface area contributed by atoms with E-state index in [9.17, 15) is 4.79 Å². The fourth-order valence-corrected chi connectivity index (χ4v) is 2.00. The molecule has 4 nitrogen and oxygen atoms in total. The highest BCUT2D eigenvalue weighted by Gasteiger charge is 2.08. The lowest BCUT2D eigenvalue weighted by molar-refractivity contribution is -0.118. The Labute approximate surface area is 125 Å². The lowest BCUT2D eigenvalue weighted by Crippen LogP contribution is -2.18. The third-order valence-corrected chi connectivity index (χ3v) is 3.18. The van der Waals surface area contributed by atoms with Gasteiger partial charge in [-0.05, 0) is 43.3 Å². The monoisotopic (exact) mass is 286 g/mol. The van der Waals surface area contributed by atoms with Gasteiger partial charge >= 0.3 is 0 Å². The zero-order valence-electron chi connectivity index (χ0n) is 12.7. The summed E-state index contributed by atoms with van der Waals surface area (Å²) in [6, 6.07) is 11.9. The van der Waals surface area contributed by atoms with E-state index in [1.54, 1.807) is 6.26 Å². The number of benzene rings is 1. The molecule has 1 atom stereocenters. The molecule has 0 spiro atoms. The van der Waals surface area contributed by atoms with Crippen LogP contribution in [0.25, 0.3) is 0 Å². The van der Waals surface area contributed by atoms with Crippen LogP contribution < -0.4 is 10.6 Å². The van der Waals surface area contributed by atoms with E-state index in [0.29, 0.717) is 0 Å². The average Bonchev–Trinajstić information content (AvgIpc) is 2.93. The van der Waals surface area contributed by atoms with E-state index in [-0.39, 0.29) is 17.9 Å². The first kappa shape index (κ1) is 15.2. The largest absolute Gasteiger partial charge is 0.469 e. The Kier molecular flexibility index (Phi) is 5.04. The molecule has 1 heterocycles. The topological polar surface area (TPSA) is 54.3 Å². The number of furan rings is 1. The summed E-state index contributed by atoms with van der Waals surface area (Å²) in [5, 5.41) is 6.29. The molecule has 1 amide bonds. The normalized spacial score (nSPS) is 12.2. The molecular formula is C17H22N2O2. The first-order chi connectivity index (χ1) is 10.0. The maximum Gasteiger partial charge on any atom is 0.226 e. The molecule has 2 rings (SSSR count). The molecule has 2 aromatic rings. The van der Waals surface area contributed by atoms with E-state index < -0.39 is 0 Å². The maximum absolute atomic E-state index is 11.6. The van der Waals surface area contributed by atoms with Gasteiger partial charge in [-0.1, -0.05) is 13.8 Å². The van der Waals surface area contributed by atoms with Gasteiger partial charge in [-0.15, -0.1) is 0 Å². The minimum absolute atomic E-state index is 0.0175. The van der Waals surface area contributed by atoms with Crippen LogP contribution >= 0.6 is 0 Å². The van der Waals surface area contributed by atoms with E-state index in [0.717, 1.165) is 23.6 Å². The molecule has 0 aliphatic carbocycles. The average molecular weight is 286 g/mol. The summed E-state index contributed by atoms with van der Waals surface area (Å²) in [6.07, 6.45) is 2.52. The van der Waals surface area contributed by atoms with Gasteiger partial charge in [-0.25, -0.2) is 0 Å². The van der Waals surface area contributed by atoms with Gasteiger partial charge < -0.3 is 15.1 Å². The number of anilines is 2. The first-order valence-corrected chi connectivity index (χ1v) is 7.24. The first-order valence-electron chi connectivity index (χ1n) is 7.24. The fraction of sp³-hybridized carbons (Fsp3) is 0.353. The van der Waals surface area contributed by atoms with Crippen molar-refractivity contribution in [1.29, 1.82) is 0 Å². The van der Waals surface area contributed by atoms with Crippen molar-refractivity contribution in [2.24, 2.45) is 5.92 Å². The third kappa shape index (κ3) is 4.67. The molecule has 1 aromatic carbocycles. The Hall–Kier alpha value is -2.23. The van der Waals surface area contributed by atoms with E-state index in [4.69, 9.17) is 4.42 Å². The molecule has 0 saturated heterocycles. The molecule has 112 valence electrons. The van der Waals surface area contributed by atoms with Crippen molar-refractivity contribution < 1.29 is 9.21 Å². The number of carbonyl (C=O) groups excluding carboxylic acids is 1. The predicted octanol–water partition coefficient (Wildman–Crippen LogP) is 3.92. The summed E-state index contributed by atoms with van der Waals surface area (Å²) < 4.78 is 5.34. The maximum atomic E-state index is 11.6. The Morgan fingerprint density at radius 1 is 1.10 bits per heavy atom. The van der Waals surface area contributed by atoms with E-state index in [1.165, 1.54) is 0 Å². The van der Waals surface area contributed by atoms with Gasteiger partial charge in [-0.3, -0.25) is 4.79 Å². The highest BCUT2D eigenvalue weighted by molar-refractivity contribution is 5.92. The summed E-state index contributed by atoms with van der Waals surface area (Å²) in [7, 11) is 0. The number of rotatable bonds is 6. The number of hydrogen-bond donors (Lipinski definition) is 2. The van der Waals surface area contributed by atoms with Crippen molar-refractivity contribution in [3.05, 3.63) is 48.4 Å². The molecule has 0 radical (unpaired) electrons. The van der Waals surface area contributed by atoms with E-state index in [2.05, 4.69) is 17.6 Å². The summed E-state index contributed by atoms with van der Waals surface area (Å²) in [6.45, 7) is 5.86. The quantitative estimate of drug-likeness (QED) is 0.846. The predicted molar refractivity (Wildman–Crippen MR) is 85.4 cm³/mol. The van der Waals surface area contributed by atoms with Gasteiger partial charge in [0.05, 0.1) is 6.26 Å². The van der Waals surface area contributed by atoms with E-state index >= 15 is 0 Å².